The molecule has 2 aliphatic rings. The molecule has 110 valence electrons. The first-order chi connectivity index (χ1) is 10.2. The summed E-state index contributed by atoms with van der Waals surface area (Å²) in [4.78, 5) is 12.6. The Bertz CT molecular complexity index is 585. The standard InChI is InChI=1S/C17H20N2O2/c18-11-17(8-4-1-5-9-17)16(21)19-15-13-7-3-2-6-12(13)10-14(15)20/h2-3,6-7,14-15,20H,1,4-5,8-10H2,(H,19,21)/t14-,15+/m1/s1. The Morgan fingerprint density at radius 2 is 2.00 bits per heavy atom. The summed E-state index contributed by atoms with van der Waals surface area (Å²) >= 11 is 0. The van der Waals surface area contributed by atoms with Crippen LogP contribution in [0.2, 0.25) is 0 Å². The Labute approximate surface area is 124 Å². The van der Waals surface area contributed by atoms with Crippen LogP contribution in [-0.2, 0) is 11.2 Å². The predicted octanol–water partition coefficient (Wildman–Crippen LogP) is 2.23. The minimum Gasteiger partial charge on any atom is -0.390 e. The molecule has 0 radical (unpaired) electrons. The van der Waals surface area contributed by atoms with Crippen molar-refractivity contribution in [3.8, 4) is 6.07 Å². The number of benzene rings is 1. The summed E-state index contributed by atoms with van der Waals surface area (Å²) in [5.41, 5.74) is 1.14. The normalized spacial score (nSPS) is 26.7. The molecule has 0 aliphatic heterocycles. The minimum absolute atomic E-state index is 0.217. The number of hydrogen-bond acceptors (Lipinski definition) is 3. The molecule has 3 rings (SSSR count). The zero-order valence-corrected chi connectivity index (χ0v) is 12.0. The number of fused-ring (bicyclic) bond motifs is 1. The molecule has 2 aliphatic carbocycles. The number of nitrogens with one attached hydrogen (secondary N) is 1. The average molecular weight is 284 g/mol. The molecule has 1 fully saturated rings. The van der Waals surface area contributed by atoms with Gasteiger partial charge in [0.25, 0.3) is 0 Å². The van der Waals surface area contributed by atoms with Gasteiger partial charge in [-0.2, -0.15) is 5.26 Å². The van der Waals surface area contributed by atoms with E-state index in [4.69, 9.17) is 0 Å². The molecule has 4 nitrogen and oxygen atoms in total. The summed E-state index contributed by atoms with van der Waals surface area (Å²) in [7, 11) is 0. The van der Waals surface area contributed by atoms with E-state index in [1.807, 2.05) is 24.3 Å². The molecule has 0 bridgehead atoms. The number of nitrogens with zero attached hydrogens (tertiary/aromatic N) is 1. The summed E-state index contributed by atoms with van der Waals surface area (Å²) in [6, 6.07) is 9.62. The Hall–Kier alpha value is -1.86. The Morgan fingerprint density at radius 3 is 2.71 bits per heavy atom. The molecule has 0 saturated heterocycles. The van der Waals surface area contributed by atoms with Crippen molar-refractivity contribution in [2.24, 2.45) is 5.41 Å². The van der Waals surface area contributed by atoms with E-state index in [0.717, 1.165) is 30.4 Å². The van der Waals surface area contributed by atoms with Crippen molar-refractivity contribution in [2.45, 2.75) is 50.7 Å². The van der Waals surface area contributed by atoms with Crippen LogP contribution in [0.4, 0.5) is 0 Å². The van der Waals surface area contributed by atoms with Crippen LogP contribution in [0.1, 0.15) is 49.3 Å². The van der Waals surface area contributed by atoms with E-state index in [9.17, 15) is 15.2 Å². The van der Waals surface area contributed by atoms with Crippen molar-refractivity contribution >= 4 is 5.91 Å². The number of carbonyl (C=O) groups excluding carboxylic acids is 1. The SMILES string of the molecule is N#CC1(C(=O)N[C@H]2c3ccccc3C[C@H]2O)CCCCC1. The largest absolute Gasteiger partial charge is 0.390 e. The fourth-order valence-corrected chi connectivity index (χ4v) is 3.57. The number of rotatable bonds is 2. The molecule has 0 spiro atoms. The van der Waals surface area contributed by atoms with Crippen LogP contribution in [0.15, 0.2) is 24.3 Å². The van der Waals surface area contributed by atoms with Gasteiger partial charge >= 0.3 is 0 Å². The Morgan fingerprint density at radius 1 is 1.29 bits per heavy atom. The van der Waals surface area contributed by atoms with E-state index < -0.39 is 11.5 Å². The molecular formula is C17H20N2O2. The van der Waals surface area contributed by atoms with E-state index in [1.54, 1.807) is 0 Å². The van der Waals surface area contributed by atoms with E-state index >= 15 is 0 Å². The van der Waals surface area contributed by atoms with Gasteiger partial charge in [-0.25, -0.2) is 0 Å². The monoisotopic (exact) mass is 284 g/mol. The lowest BCUT2D eigenvalue weighted by Gasteiger charge is -2.31. The fraction of sp³-hybridized carbons (Fsp3) is 0.529. The van der Waals surface area contributed by atoms with Gasteiger partial charge in [0.1, 0.15) is 5.41 Å². The maximum atomic E-state index is 12.6. The van der Waals surface area contributed by atoms with Crippen molar-refractivity contribution in [3.63, 3.8) is 0 Å². The molecule has 1 aromatic rings. The van der Waals surface area contributed by atoms with Gasteiger partial charge in [-0.05, 0) is 24.0 Å². The van der Waals surface area contributed by atoms with Gasteiger partial charge in [0.15, 0.2) is 0 Å². The second kappa shape index (κ2) is 5.50. The fourth-order valence-electron chi connectivity index (χ4n) is 3.57. The zero-order valence-electron chi connectivity index (χ0n) is 12.0. The van der Waals surface area contributed by atoms with Crippen LogP contribution in [0.5, 0.6) is 0 Å². The quantitative estimate of drug-likeness (QED) is 0.874. The lowest BCUT2D eigenvalue weighted by Crippen LogP contribution is -2.44. The highest BCUT2D eigenvalue weighted by Crippen LogP contribution is 2.38. The second-order valence-electron chi connectivity index (χ2n) is 6.18. The smallest absolute Gasteiger partial charge is 0.241 e. The molecule has 1 aromatic carbocycles. The first kappa shape index (κ1) is 14.1. The van der Waals surface area contributed by atoms with Gasteiger partial charge in [0.05, 0.1) is 18.2 Å². The average Bonchev–Trinajstić information content (AvgIpc) is 2.84. The summed E-state index contributed by atoms with van der Waals surface area (Å²) in [5.74, 6) is -0.217. The van der Waals surface area contributed by atoms with Crippen molar-refractivity contribution in [1.82, 2.24) is 5.32 Å². The molecule has 4 heteroatoms. The van der Waals surface area contributed by atoms with Crippen molar-refractivity contribution < 1.29 is 9.90 Å². The molecular weight excluding hydrogens is 264 g/mol. The third kappa shape index (κ3) is 2.43. The highest BCUT2D eigenvalue weighted by Gasteiger charge is 2.42. The van der Waals surface area contributed by atoms with Crippen molar-refractivity contribution in [2.75, 3.05) is 0 Å². The maximum Gasteiger partial charge on any atom is 0.241 e. The molecule has 0 aromatic heterocycles. The molecule has 2 atom stereocenters. The molecule has 21 heavy (non-hydrogen) atoms. The minimum atomic E-state index is -0.907. The number of aliphatic hydroxyl groups is 1. The molecule has 1 saturated carbocycles. The van der Waals surface area contributed by atoms with Gasteiger partial charge in [0.2, 0.25) is 5.91 Å². The lowest BCUT2D eigenvalue weighted by molar-refractivity contribution is -0.131. The van der Waals surface area contributed by atoms with Crippen LogP contribution in [0.25, 0.3) is 0 Å². The summed E-state index contributed by atoms with van der Waals surface area (Å²) in [5, 5.41) is 22.6. The summed E-state index contributed by atoms with van der Waals surface area (Å²) in [6.07, 6.45) is 4.13. The van der Waals surface area contributed by atoms with Gasteiger partial charge in [-0.1, -0.05) is 43.5 Å². The van der Waals surface area contributed by atoms with Crippen LogP contribution < -0.4 is 5.32 Å². The van der Waals surface area contributed by atoms with Crippen LogP contribution in [-0.4, -0.2) is 17.1 Å². The highest BCUT2D eigenvalue weighted by molar-refractivity contribution is 5.86. The number of hydrogen-bond donors (Lipinski definition) is 2. The predicted molar refractivity (Wildman–Crippen MR) is 78.2 cm³/mol. The number of nitriles is 1. The van der Waals surface area contributed by atoms with E-state index in [1.165, 1.54) is 0 Å². The van der Waals surface area contributed by atoms with Crippen molar-refractivity contribution in [1.29, 1.82) is 5.26 Å². The van der Waals surface area contributed by atoms with Crippen LogP contribution >= 0.6 is 0 Å². The third-order valence-electron chi connectivity index (χ3n) is 4.85. The molecule has 0 heterocycles. The van der Waals surface area contributed by atoms with Crippen LogP contribution in [0, 0.1) is 16.7 Å². The summed E-state index contributed by atoms with van der Waals surface area (Å²) < 4.78 is 0. The molecule has 2 N–H and O–H groups in total. The van der Waals surface area contributed by atoms with E-state index in [2.05, 4.69) is 11.4 Å². The van der Waals surface area contributed by atoms with Crippen LogP contribution in [0.3, 0.4) is 0 Å². The summed E-state index contributed by atoms with van der Waals surface area (Å²) in [6.45, 7) is 0. The second-order valence-corrected chi connectivity index (χ2v) is 6.18. The van der Waals surface area contributed by atoms with E-state index in [-0.39, 0.29) is 11.9 Å². The number of aliphatic hydroxyl groups excluding tert-OH is 1. The Balaban J connectivity index is 1.80. The molecule has 0 unspecified atom stereocenters. The van der Waals surface area contributed by atoms with Gasteiger partial charge in [-0.3, -0.25) is 4.79 Å². The number of amides is 1. The lowest BCUT2D eigenvalue weighted by atomic mass is 9.74. The van der Waals surface area contributed by atoms with Gasteiger partial charge < -0.3 is 10.4 Å². The maximum absolute atomic E-state index is 12.6. The first-order valence-electron chi connectivity index (χ1n) is 7.64. The van der Waals surface area contributed by atoms with Gasteiger partial charge in [0, 0.05) is 6.42 Å². The topological polar surface area (TPSA) is 73.1 Å². The Kier molecular flexibility index (Phi) is 3.69. The van der Waals surface area contributed by atoms with E-state index in [0.29, 0.717) is 19.3 Å². The number of carbonyl (C=O) groups is 1. The molecule has 1 amide bonds. The van der Waals surface area contributed by atoms with Gasteiger partial charge in [-0.15, -0.1) is 0 Å². The highest BCUT2D eigenvalue weighted by atomic mass is 16.3. The van der Waals surface area contributed by atoms with Crippen molar-refractivity contribution in [3.05, 3.63) is 35.4 Å². The zero-order chi connectivity index (χ0) is 14.9. The third-order valence-corrected chi connectivity index (χ3v) is 4.85. The first-order valence-corrected chi connectivity index (χ1v) is 7.64.